The van der Waals surface area contributed by atoms with Crippen LogP contribution in [0.5, 0.6) is 0 Å². The number of hydrogen-bond donors (Lipinski definition) is 2. The Morgan fingerprint density at radius 1 is 1.20 bits per heavy atom. The number of aliphatic hydroxyl groups excluding tert-OH is 1. The maximum absolute atomic E-state index is 13.2. The molecule has 0 aliphatic heterocycles. The van der Waals surface area contributed by atoms with E-state index in [4.69, 9.17) is 23.2 Å². The lowest BCUT2D eigenvalue weighted by Crippen LogP contribution is -2.12. The minimum absolute atomic E-state index is 0.255. The summed E-state index contributed by atoms with van der Waals surface area (Å²) in [5, 5.41) is 14.1. The smallest absolute Gasteiger partial charge is 0.126 e. The second-order valence-electron chi connectivity index (χ2n) is 4.53. The summed E-state index contributed by atoms with van der Waals surface area (Å²) in [7, 11) is 0. The van der Waals surface area contributed by atoms with Gasteiger partial charge in [0.15, 0.2) is 0 Å². The predicted molar refractivity (Wildman–Crippen MR) is 81.0 cm³/mol. The van der Waals surface area contributed by atoms with Gasteiger partial charge in [-0.15, -0.1) is 0 Å². The molecular formula is C15H14Cl2FNO. The molecule has 2 aromatic rings. The molecule has 2 rings (SSSR count). The van der Waals surface area contributed by atoms with Crippen LogP contribution < -0.4 is 5.32 Å². The molecule has 0 aromatic heterocycles. The van der Waals surface area contributed by atoms with Crippen LogP contribution in [-0.2, 0) is 0 Å². The number of rotatable bonds is 4. The second-order valence-corrected chi connectivity index (χ2v) is 5.37. The molecule has 20 heavy (non-hydrogen) atoms. The normalized spacial score (nSPS) is 12.2. The first-order valence-electron chi connectivity index (χ1n) is 6.10. The minimum Gasteiger partial charge on any atom is -0.387 e. The van der Waals surface area contributed by atoms with Crippen LogP contribution >= 0.6 is 23.2 Å². The molecule has 0 spiro atoms. The van der Waals surface area contributed by atoms with E-state index in [-0.39, 0.29) is 12.4 Å². The molecule has 1 atom stereocenters. The molecule has 0 fully saturated rings. The Morgan fingerprint density at radius 3 is 2.65 bits per heavy atom. The van der Waals surface area contributed by atoms with Crippen LogP contribution in [-0.4, -0.2) is 11.7 Å². The van der Waals surface area contributed by atoms with Gasteiger partial charge in [-0.1, -0.05) is 23.2 Å². The summed E-state index contributed by atoms with van der Waals surface area (Å²) in [6.45, 7) is 1.94. The molecule has 0 radical (unpaired) electrons. The van der Waals surface area contributed by atoms with Gasteiger partial charge in [-0.05, 0) is 48.9 Å². The van der Waals surface area contributed by atoms with Gasteiger partial charge in [-0.2, -0.15) is 0 Å². The Morgan fingerprint density at radius 2 is 1.95 bits per heavy atom. The van der Waals surface area contributed by atoms with Crippen molar-refractivity contribution in [1.82, 2.24) is 0 Å². The molecular weight excluding hydrogens is 300 g/mol. The highest BCUT2D eigenvalue weighted by atomic mass is 35.5. The first kappa shape index (κ1) is 15.1. The van der Waals surface area contributed by atoms with E-state index < -0.39 is 6.10 Å². The van der Waals surface area contributed by atoms with E-state index in [0.717, 1.165) is 5.69 Å². The summed E-state index contributed by atoms with van der Waals surface area (Å²) in [4.78, 5) is 0. The Balaban J connectivity index is 2.06. The summed E-state index contributed by atoms with van der Waals surface area (Å²) >= 11 is 11.9. The van der Waals surface area contributed by atoms with Gasteiger partial charge in [0, 0.05) is 27.8 Å². The van der Waals surface area contributed by atoms with Crippen LogP contribution in [0.4, 0.5) is 10.1 Å². The van der Waals surface area contributed by atoms with Crippen molar-refractivity contribution in [3.8, 4) is 0 Å². The molecule has 2 N–H and O–H groups in total. The van der Waals surface area contributed by atoms with Crippen molar-refractivity contribution in [3.05, 3.63) is 63.4 Å². The molecule has 106 valence electrons. The van der Waals surface area contributed by atoms with Gasteiger partial charge >= 0.3 is 0 Å². The van der Waals surface area contributed by atoms with Crippen molar-refractivity contribution < 1.29 is 9.50 Å². The lowest BCUT2D eigenvalue weighted by atomic mass is 10.1. The third-order valence-electron chi connectivity index (χ3n) is 2.97. The highest BCUT2D eigenvalue weighted by Crippen LogP contribution is 2.26. The Hall–Kier alpha value is -1.29. The molecule has 2 aromatic carbocycles. The SMILES string of the molecule is Cc1cc(NCC(O)c2cc(Cl)ccc2Cl)ccc1F. The van der Waals surface area contributed by atoms with Crippen LogP contribution in [0.3, 0.4) is 0 Å². The summed E-state index contributed by atoms with van der Waals surface area (Å²) in [5.41, 5.74) is 1.84. The minimum atomic E-state index is -0.799. The zero-order valence-electron chi connectivity index (χ0n) is 10.8. The quantitative estimate of drug-likeness (QED) is 0.865. The van der Waals surface area contributed by atoms with Crippen molar-refractivity contribution in [2.45, 2.75) is 13.0 Å². The molecule has 5 heteroatoms. The van der Waals surface area contributed by atoms with E-state index in [1.165, 1.54) is 6.07 Å². The molecule has 0 saturated heterocycles. The maximum Gasteiger partial charge on any atom is 0.126 e. The Bertz CT molecular complexity index is 619. The van der Waals surface area contributed by atoms with E-state index in [9.17, 15) is 9.50 Å². The van der Waals surface area contributed by atoms with Crippen molar-refractivity contribution >= 4 is 28.9 Å². The van der Waals surface area contributed by atoms with Gasteiger partial charge in [0.1, 0.15) is 5.82 Å². The fourth-order valence-corrected chi connectivity index (χ4v) is 2.27. The Kier molecular flexibility index (Phi) is 4.86. The average Bonchev–Trinajstić information content (AvgIpc) is 2.42. The first-order valence-corrected chi connectivity index (χ1v) is 6.86. The van der Waals surface area contributed by atoms with Crippen LogP contribution in [0.25, 0.3) is 0 Å². The molecule has 0 aliphatic carbocycles. The standard InChI is InChI=1S/C15H14Cl2FNO/c1-9-6-11(3-5-14(9)18)19-8-15(20)12-7-10(16)2-4-13(12)17/h2-7,15,19-20H,8H2,1H3. The number of hydrogen-bond acceptors (Lipinski definition) is 2. The number of nitrogens with one attached hydrogen (secondary N) is 1. The topological polar surface area (TPSA) is 32.3 Å². The van der Waals surface area contributed by atoms with Gasteiger partial charge < -0.3 is 10.4 Å². The Labute approximate surface area is 127 Å². The number of aryl methyl sites for hydroxylation is 1. The summed E-state index contributed by atoms with van der Waals surface area (Å²) < 4.78 is 13.2. The van der Waals surface area contributed by atoms with Gasteiger partial charge in [0.05, 0.1) is 6.10 Å². The van der Waals surface area contributed by atoms with Crippen molar-refractivity contribution in [3.63, 3.8) is 0 Å². The molecule has 0 amide bonds. The lowest BCUT2D eigenvalue weighted by molar-refractivity contribution is 0.192. The summed E-state index contributed by atoms with van der Waals surface area (Å²) in [6.07, 6.45) is -0.799. The fraction of sp³-hybridized carbons (Fsp3) is 0.200. The zero-order valence-corrected chi connectivity index (χ0v) is 12.3. The van der Waals surface area contributed by atoms with Crippen LogP contribution in [0.1, 0.15) is 17.2 Å². The highest BCUT2D eigenvalue weighted by molar-refractivity contribution is 6.33. The second kappa shape index (κ2) is 6.44. The van der Waals surface area contributed by atoms with Crippen LogP contribution in [0.15, 0.2) is 36.4 Å². The van der Waals surface area contributed by atoms with Crippen LogP contribution in [0, 0.1) is 12.7 Å². The van der Waals surface area contributed by atoms with Gasteiger partial charge in [-0.25, -0.2) is 4.39 Å². The number of halogens is 3. The molecule has 0 aliphatic rings. The van der Waals surface area contributed by atoms with Gasteiger partial charge in [-0.3, -0.25) is 0 Å². The third kappa shape index (κ3) is 3.63. The molecule has 1 unspecified atom stereocenters. The van der Waals surface area contributed by atoms with Gasteiger partial charge in [0.2, 0.25) is 0 Å². The highest BCUT2D eigenvalue weighted by Gasteiger charge is 2.12. The lowest BCUT2D eigenvalue weighted by Gasteiger charge is -2.15. The van der Waals surface area contributed by atoms with Crippen molar-refractivity contribution in [2.75, 3.05) is 11.9 Å². The first-order chi connectivity index (χ1) is 9.47. The molecule has 2 nitrogen and oxygen atoms in total. The van der Waals surface area contributed by atoms with Crippen molar-refractivity contribution in [2.24, 2.45) is 0 Å². The maximum atomic E-state index is 13.2. The van der Waals surface area contributed by atoms with E-state index in [0.29, 0.717) is 21.2 Å². The van der Waals surface area contributed by atoms with Crippen LogP contribution in [0.2, 0.25) is 10.0 Å². The monoisotopic (exact) mass is 313 g/mol. The molecule has 0 saturated carbocycles. The van der Waals surface area contributed by atoms with E-state index in [1.54, 1.807) is 37.3 Å². The zero-order chi connectivity index (χ0) is 14.7. The van der Waals surface area contributed by atoms with E-state index >= 15 is 0 Å². The number of anilines is 1. The largest absolute Gasteiger partial charge is 0.387 e. The number of aliphatic hydroxyl groups is 1. The molecule has 0 bridgehead atoms. The third-order valence-corrected chi connectivity index (χ3v) is 3.55. The summed E-state index contributed by atoms with van der Waals surface area (Å²) in [5.74, 6) is -0.256. The number of benzene rings is 2. The van der Waals surface area contributed by atoms with E-state index in [2.05, 4.69) is 5.32 Å². The molecule has 0 heterocycles. The average molecular weight is 314 g/mol. The van der Waals surface area contributed by atoms with E-state index in [1.807, 2.05) is 0 Å². The predicted octanol–water partition coefficient (Wildman–Crippen LogP) is 4.59. The summed E-state index contributed by atoms with van der Waals surface area (Å²) in [6, 6.07) is 9.63. The fourth-order valence-electron chi connectivity index (χ4n) is 1.85. The van der Waals surface area contributed by atoms with Crippen molar-refractivity contribution in [1.29, 1.82) is 0 Å². The van der Waals surface area contributed by atoms with Gasteiger partial charge in [0.25, 0.3) is 0 Å².